The Morgan fingerprint density at radius 1 is 1.34 bits per heavy atom. The van der Waals surface area contributed by atoms with E-state index in [1.165, 1.54) is 18.2 Å². The van der Waals surface area contributed by atoms with Crippen LogP contribution in [0.25, 0.3) is 0 Å². The van der Waals surface area contributed by atoms with Gasteiger partial charge >= 0.3 is 0 Å². The van der Waals surface area contributed by atoms with Crippen molar-refractivity contribution < 1.29 is 17.9 Å². The minimum absolute atomic E-state index is 0.0469. The molecule has 3 rings (SSSR count). The highest BCUT2D eigenvalue weighted by Gasteiger charge is 2.23. The fraction of sp³-hybridized carbons (Fsp3) is 0.524. The van der Waals surface area contributed by atoms with E-state index < -0.39 is 15.9 Å². The zero-order valence-corrected chi connectivity index (χ0v) is 20.0. The maximum Gasteiger partial charge on any atom is 0.255 e. The molecule has 0 spiro atoms. The van der Waals surface area contributed by atoms with Crippen LogP contribution in [-0.2, 0) is 21.3 Å². The van der Waals surface area contributed by atoms with Gasteiger partial charge in [0.2, 0.25) is 10.0 Å². The van der Waals surface area contributed by atoms with Crippen LogP contribution in [0, 0.1) is 0 Å². The number of hydrogen-bond donors (Lipinski definition) is 2. The molecular weight excluding hydrogens is 454 g/mol. The summed E-state index contributed by atoms with van der Waals surface area (Å²) in [6.07, 6.45) is 4.89. The number of halogens is 1. The average Bonchev–Trinajstić information content (AvgIpc) is 3.45. The molecule has 2 N–H and O–H groups in total. The summed E-state index contributed by atoms with van der Waals surface area (Å²) in [4.78, 5) is 14.8. The van der Waals surface area contributed by atoms with Gasteiger partial charge in [-0.2, -0.15) is 5.10 Å². The smallest absolute Gasteiger partial charge is 0.255 e. The summed E-state index contributed by atoms with van der Waals surface area (Å²) in [7, 11) is -3.89. The van der Waals surface area contributed by atoms with Crippen molar-refractivity contribution in [3.63, 3.8) is 0 Å². The van der Waals surface area contributed by atoms with Crippen LogP contribution in [0.5, 0.6) is 0 Å². The number of hydrogen-bond acceptors (Lipinski definition) is 6. The SMILES string of the molecule is CCN(CC)CCn1cc(NC(=O)c2ccc(Cl)c(S(=O)(=O)NCC3CCCO3)c2)cn1. The Balaban J connectivity index is 1.65. The molecule has 0 saturated carbocycles. The second kappa shape index (κ2) is 11.2. The summed E-state index contributed by atoms with van der Waals surface area (Å²) in [5, 5.41) is 7.07. The molecule has 1 aliphatic heterocycles. The van der Waals surface area contributed by atoms with Crippen molar-refractivity contribution in [1.82, 2.24) is 19.4 Å². The van der Waals surface area contributed by atoms with Gasteiger partial charge in [0.25, 0.3) is 5.91 Å². The number of carbonyl (C=O) groups excluding carboxylic acids is 1. The molecule has 9 nitrogen and oxygen atoms in total. The van der Waals surface area contributed by atoms with Crippen LogP contribution >= 0.6 is 11.6 Å². The molecule has 0 aliphatic carbocycles. The van der Waals surface area contributed by atoms with Crippen LogP contribution in [-0.4, -0.2) is 67.9 Å². The van der Waals surface area contributed by atoms with Crippen LogP contribution in [0.3, 0.4) is 0 Å². The predicted molar refractivity (Wildman–Crippen MR) is 124 cm³/mol. The summed E-state index contributed by atoms with van der Waals surface area (Å²) in [6.45, 7) is 8.51. The Kier molecular flexibility index (Phi) is 8.66. The third-order valence-corrected chi connectivity index (χ3v) is 7.34. The fourth-order valence-electron chi connectivity index (χ4n) is 3.47. The Morgan fingerprint density at radius 2 is 2.12 bits per heavy atom. The van der Waals surface area contributed by atoms with Crippen molar-refractivity contribution in [3.05, 3.63) is 41.2 Å². The van der Waals surface area contributed by atoms with E-state index >= 15 is 0 Å². The molecule has 1 aromatic heterocycles. The van der Waals surface area contributed by atoms with Crippen LogP contribution in [0.4, 0.5) is 5.69 Å². The zero-order chi connectivity index (χ0) is 23.1. The highest BCUT2D eigenvalue weighted by molar-refractivity contribution is 7.89. The highest BCUT2D eigenvalue weighted by atomic mass is 35.5. The van der Waals surface area contributed by atoms with Gasteiger partial charge in [-0.1, -0.05) is 25.4 Å². The number of ether oxygens (including phenoxy) is 1. The number of nitrogens with zero attached hydrogens (tertiary/aromatic N) is 3. The van der Waals surface area contributed by atoms with E-state index in [4.69, 9.17) is 16.3 Å². The lowest BCUT2D eigenvalue weighted by atomic mass is 10.2. The third kappa shape index (κ3) is 6.52. The topological polar surface area (TPSA) is 106 Å². The molecule has 0 radical (unpaired) electrons. The zero-order valence-electron chi connectivity index (χ0n) is 18.4. The molecule has 1 saturated heterocycles. The summed E-state index contributed by atoms with van der Waals surface area (Å²) in [5.74, 6) is -0.444. The van der Waals surface area contributed by atoms with Gasteiger partial charge in [0.05, 0.1) is 29.6 Å². The maximum atomic E-state index is 12.7. The van der Waals surface area contributed by atoms with Gasteiger partial charge in [0, 0.05) is 31.5 Å². The maximum absolute atomic E-state index is 12.7. The van der Waals surface area contributed by atoms with E-state index in [-0.39, 0.29) is 28.1 Å². The number of benzene rings is 1. The lowest BCUT2D eigenvalue weighted by molar-refractivity contribution is 0.102. The van der Waals surface area contributed by atoms with Crippen molar-refractivity contribution in [2.75, 3.05) is 38.1 Å². The molecule has 32 heavy (non-hydrogen) atoms. The van der Waals surface area contributed by atoms with E-state index in [1.807, 2.05) is 0 Å². The number of aromatic nitrogens is 2. The van der Waals surface area contributed by atoms with Gasteiger partial charge < -0.3 is 15.0 Å². The Hall–Kier alpha value is -1.98. The number of rotatable bonds is 11. The predicted octanol–water partition coefficient (Wildman–Crippen LogP) is 2.59. The first-order valence-electron chi connectivity index (χ1n) is 10.8. The second-order valence-electron chi connectivity index (χ2n) is 7.61. The third-order valence-electron chi connectivity index (χ3n) is 5.44. The molecule has 1 amide bonds. The first-order valence-corrected chi connectivity index (χ1v) is 12.7. The van der Waals surface area contributed by atoms with E-state index in [2.05, 4.69) is 33.9 Å². The summed E-state index contributed by atoms with van der Waals surface area (Å²) < 4.78 is 35.2. The van der Waals surface area contributed by atoms with Crippen molar-refractivity contribution in [3.8, 4) is 0 Å². The molecule has 2 aromatic rings. The molecule has 0 bridgehead atoms. The number of amides is 1. The van der Waals surface area contributed by atoms with E-state index in [0.29, 0.717) is 18.8 Å². The van der Waals surface area contributed by atoms with Crippen LogP contribution in [0.15, 0.2) is 35.5 Å². The molecule has 2 heterocycles. The van der Waals surface area contributed by atoms with Gasteiger partial charge in [-0.15, -0.1) is 0 Å². The normalized spacial score (nSPS) is 16.6. The summed E-state index contributed by atoms with van der Waals surface area (Å²) in [6, 6.07) is 4.17. The molecular formula is C21H30ClN5O4S. The quantitative estimate of drug-likeness (QED) is 0.509. The van der Waals surface area contributed by atoms with Crippen molar-refractivity contribution >= 4 is 33.2 Å². The lowest BCUT2D eigenvalue weighted by Crippen LogP contribution is -2.32. The molecule has 1 aromatic carbocycles. The van der Waals surface area contributed by atoms with E-state index in [0.717, 1.165) is 32.5 Å². The fourth-order valence-corrected chi connectivity index (χ4v) is 5.06. The number of carbonyl (C=O) groups is 1. The summed E-state index contributed by atoms with van der Waals surface area (Å²) in [5.41, 5.74) is 0.716. The van der Waals surface area contributed by atoms with E-state index in [9.17, 15) is 13.2 Å². The van der Waals surface area contributed by atoms with Crippen molar-refractivity contribution in [1.29, 1.82) is 0 Å². The molecule has 1 unspecified atom stereocenters. The van der Waals surface area contributed by atoms with Gasteiger partial charge in [-0.25, -0.2) is 13.1 Å². The number of nitrogens with one attached hydrogen (secondary N) is 2. The Labute approximate surface area is 194 Å². The van der Waals surface area contributed by atoms with Gasteiger partial charge in [-0.3, -0.25) is 9.48 Å². The largest absolute Gasteiger partial charge is 0.377 e. The molecule has 1 aliphatic rings. The molecule has 1 atom stereocenters. The summed E-state index contributed by atoms with van der Waals surface area (Å²) >= 11 is 6.13. The monoisotopic (exact) mass is 483 g/mol. The minimum Gasteiger partial charge on any atom is -0.377 e. The van der Waals surface area contributed by atoms with Crippen molar-refractivity contribution in [2.24, 2.45) is 0 Å². The molecule has 11 heteroatoms. The van der Waals surface area contributed by atoms with E-state index in [1.54, 1.807) is 17.1 Å². The Morgan fingerprint density at radius 3 is 2.81 bits per heavy atom. The van der Waals surface area contributed by atoms with Crippen LogP contribution in [0.2, 0.25) is 5.02 Å². The molecule has 176 valence electrons. The number of anilines is 1. The number of sulfonamides is 1. The van der Waals surface area contributed by atoms with Crippen LogP contribution in [0.1, 0.15) is 37.0 Å². The first-order chi connectivity index (χ1) is 15.3. The number of likely N-dealkylation sites (N-methyl/N-ethyl adjacent to an activating group) is 1. The van der Waals surface area contributed by atoms with Crippen molar-refractivity contribution in [2.45, 2.75) is 44.2 Å². The molecule has 1 fully saturated rings. The average molecular weight is 484 g/mol. The van der Waals surface area contributed by atoms with Crippen LogP contribution < -0.4 is 10.0 Å². The lowest BCUT2D eigenvalue weighted by Gasteiger charge is -2.17. The van der Waals surface area contributed by atoms with Gasteiger partial charge in [0.15, 0.2) is 0 Å². The highest BCUT2D eigenvalue weighted by Crippen LogP contribution is 2.24. The minimum atomic E-state index is -3.89. The Bertz CT molecular complexity index is 1020. The second-order valence-corrected chi connectivity index (χ2v) is 9.75. The van der Waals surface area contributed by atoms with Gasteiger partial charge in [-0.05, 0) is 44.1 Å². The van der Waals surface area contributed by atoms with Gasteiger partial charge in [0.1, 0.15) is 4.90 Å². The standard InChI is InChI=1S/C21H30ClN5O4S/c1-3-26(4-2)9-10-27-15-17(13-23-27)25-21(28)16-7-8-19(22)20(12-16)32(29,30)24-14-18-6-5-11-31-18/h7-8,12-13,15,18,24H,3-6,9-11,14H2,1-2H3,(H,25,28). The first kappa shape index (κ1) is 24.7.